The van der Waals surface area contributed by atoms with Gasteiger partial charge in [-0.15, -0.1) is 0 Å². The standard InChI is InChI=1S/C16H24ClN3O/c1-3-4-12-7-8-20(10-12)11(2)16(21)19-15-6-5-13(17)9-14(15)18/h5-6,9,11-12H,3-4,7-8,10,18H2,1-2H3,(H,19,21). The van der Waals surface area contributed by atoms with E-state index < -0.39 is 0 Å². The number of halogens is 1. The van der Waals surface area contributed by atoms with Crippen LogP contribution >= 0.6 is 11.6 Å². The summed E-state index contributed by atoms with van der Waals surface area (Å²) in [4.78, 5) is 14.6. The van der Waals surface area contributed by atoms with Crippen molar-refractivity contribution < 1.29 is 4.79 Å². The normalized spacial score (nSPS) is 20.4. The lowest BCUT2D eigenvalue weighted by Crippen LogP contribution is -2.40. The van der Waals surface area contributed by atoms with Gasteiger partial charge in [0.25, 0.3) is 0 Å². The Morgan fingerprint density at radius 2 is 2.33 bits per heavy atom. The minimum absolute atomic E-state index is 0.0128. The maximum Gasteiger partial charge on any atom is 0.241 e. The molecule has 1 aliphatic heterocycles. The molecule has 3 N–H and O–H groups in total. The van der Waals surface area contributed by atoms with Gasteiger partial charge in [-0.1, -0.05) is 24.9 Å². The van der Waals surface area contributed by atoms with Gasteiger partial charge < -0.3 is 11.1 Å². The number of likely N-dealkylation sites (tertiary alicyclic amines) is 1. The van der Waals surface area contributed by atoms with Gasteiger partial charge >= 0.3 is 0 Å². The summed E-state index contributed by atoms with van der Waals surface area (Å²) in [5.74, 6) is 0.715. The Hall–Kier alpha value is -1.26. The summed E-state index contributed by atoms with van der Waals surface area (Å²) in [6.07, 6.45) is 3.64. The predicted octanol–water partition coefficient (Wildman–Crippen LogP) is 3.37. The number of carbonyl (C=O) groups excluding carboxylic acids is 1. The van der Waals surface area contributed by atoms with Crippen molar-refractivity contribution in [3.05, 3.63) is 23.2 Å². The number of hydrogen-bond donors (Lipinski definition) is 2. The molecule has 1 aromatic carbocycles. The third-order valence-electron chi connectivity index (χ3n) is 4.21. The van der Waals surface area contributed by atoms with E-state index in [1.807, 2.05) is 6.92 Å². The second-order valence-electron chi connectivity index (χ2n) is 5.84. The van der Waals surface area contributed by atoms with Crippen LogP contribution in [0.15, 0.2) is 18.2 Å². The van der Waals surface area contributed by atoms with Gasteiger partial charge in [0, 0.05) is 11.6 Å². The maximum absolute atomic E-state index is 12.4. The topological polar surface area (TPSA) is 58.4 Å². The number of nitrogens with zero attached hydrogens (tertiary/aromatic N) is 1. The van der Waals surface area contributed by atoms with Crippen LogP contribution in [0.5, 0.6) is 0 Å². The van der Waals surface area contributed by atoms with Crippen molar-refractivity contribution in [1.29, 1.82) is 0 Å². The summed E-state index contributed by atoms with van der Waals surface area (Å²) >= 11 is 5.86. The first-order chi connectivity index (χ1) is 10.0. The fourth-order valence-electron chi connectivity index (χ4n) is 2.91. The van der Waals surface area contributed by atoms with Crippen LogP contribution in [0.25, 0.3) is 0 Å². The van der Waals surface area contributed by atoms with E-state index in [-0.39, 0.29) is 11.9 Å². The lowest BCUT2D eigenvalue weighted by atomic mass is 10.0. The van der Waals surface area contributed by atoms with Gasteiger partial charge in [0.2, 0.25) is 5.91 Å². The van der Waals surface area contributed by atoms with Crippen molar-refractivity contribution in [3.63, 3.8) is 0 Å². The molecule has 1 aliphatic rings. The van der Waals surface area contributed by atoms with Crippen molar-refractivity contribution >= 4 is 28.9 Å². The fourth-order valence-corrected chi connectivity index (χ4v) is 3.09. The molecule has 0 aliphatic carbocycles. The molecule has 0 spiro atoms. The summed E-state index contributed by atoms with van der Waals surface area (Å²) in [6.45, 7) is 6.17. The number of nitrogens with two attached hydrogens (primary N) is 1. The van der Waals surface area contributed by atoms with Gasteiger partial charge in [-0.2, -0.15) is 0 Å². The first-order valence-corrected chi connectivity index (χ1v) is 7.99. The summed E-state index contributed by atoms with van der Waals surface area (Å²) in [5.41, 5.74) is 6.99. The molecule has 4 nitrogen and oxygen atoms in total. The average Bonchev–Trinajstić information content (AvgIpc) is 2.90. The molecule has 2 rings (SSSR count). The van der Waals surface area contributed by atoms with Crippen LogP contribution in [0.1, 0.15) is 33.1 Å². The molecule has 0 aromatic heterocycles. The van der Waals surface area contributed by atoms with Crippen molar-refractivity contribution in [2.45, 2.75) is 39.2 Å². The molecule has 21 heavy (non-hydrogen) atoms. The van der Waals surface area contributed by atoms with E-state index in [1.165, 1.54) is 19.3 Å². The van der Waals surface area contributed by atoms with E-state index in [1.54, 1.807) is 18.2 Å². The molecule has 116 valence electrons. The number of nitrogens with one attached hydrogen (secondary N) is 1. The number of nitrogen functional groups attached to an aromatic ring is 1. The molecule has 5 heteroatoms. The van der Waals surface area contributed by atoms with Gasteiger partial charge in [-0.05, 0) is 50.4 Å². The summed E-state index contributed by atoms with van der Waals surface area (Å²) in [5, 5.41) is 3.47. The lowest BCUT2D eigenvalue weighted by molar-refractivity contribution is -0.120. The Balaban J connectivity index is 1.94. The fraction of sp³-hybridized carbons (Fsp3) is 0.562. The first-order valence-electron chi connectivity index (χ1n) is 7.61. The maximum atomic E-state index is 12.4. The summed E-state index contributed by atoms with van der Waals surface area (Å²) in [7, 11) is 0. The summed E-state index contributed by atoms with van der Waals surface area (Å²) in [6, 6.07) is 4.98. The van der Waals surface area contributed by atoms with Gasteiger partial charge in [-0.25, -0.2) is 0 Å². The van der Waals surface area contributed by atoms with Crippen LogP contribution in [0.3, 0.4) is 0 Å². The van der Waals surface area contributed by atoms with Gasteiger partial charge in [0.1, 0.15) is 0 Å². The monoisotopic (exact) mass is 309 g/mol. The highest BCUT2D eigenvalue weighted by atomic mass is 35.5. The van der Waals surface area contributed by atoms with E-state index in [0.29, 0.717) is 16.4 Å². The molecule has 0 saturated carbocycles. The highest BCUT2D eigenvalue weighted by Crippen LogP contribution is 2.25. The molecular weight excluding hydrogens is 286 g/mol. The molecule has 2 unspecified atom stereocenters. The van der Waals surface area contributed by atoms with E-state index in [0.717, 1.165) is 19.0 Å². The highest BCUT2D eigenvalue weighted by molar-refractivity contribution is 6.31. The Morgan fingerprint density at radius 1 is 1.57 bits per heavy atom. The van der Waals surface area contributed by atoms with Crippen molar-refractivity contribution in [2.75, 3.05) is 24.1 Å². The van der Waals surface area contributed by atoms with Gasteiger partial charge in [0.15, 0.2) is 0 Å². The molecule has 0 radical (unpaired) electrons. The van der Waals surface area contributed by atoms with Crippen LogP contribution in [-0.2, 0) is 4.79 Å². The molecule has 1 saturated heterocycles. The number of amides is 1. The third kappa shape index (κ3) is 4.11. The van der Waals surface area contributed by atoms with E-state index in [4.69, 9.17) is 17.3 Å². The number of anilines is 2. The van der Waals surface area contributed by atoms with Crippen LogP contribution in [0, 0.1) is 5.92 Å². The number of benzene rings is 1. The Labute approximate surface area is 131 Å². The van der Waals surface area contributed by atoms with Crippen molar-refractivity contribution in [1.82, 2.24) is 4.90 Å². The first kappa shape index (κ1) is 16.1. The second-order valence-corrected chi connectivity index (χ2v) is 6.27. The second kappa shape index (κ2) is 7.14. The van der Waals surface area contributed by atoms with Crippen LogP contribution in [0.2, 0.25) is 5.02 Å². The number of rotatable bonds is 5. The largest absolute Gasteiger partial charge is 0.397 e. The molecule has 1 amide bonds. The highest BCUT2D eigenvalue weighted by Gasteiger charge is 2.29. The summed E-state index contributed by atoms with van der Waals surface area (Å²) < 4.78 is 0. The quantitative estimate of drug-likeness (QED) is 0.820. The van der Waals surface area contributed by atoms with Crippen molar-refractivity contribution in [2.24, 2.45) is 5.92 Å². The third-order valence-corrected chi connectivity index (χ3v) is 4.45. The number of carbonyl (C=O) groups is 1. The zero-order valence-corrected chi connectivity index (χ0v) is 13.5. The molecule has 1 fully saturated rings. The number of hydrogen-bond acceptors (Lipinski definition) is 3. The molecule has 1 aromatic rings. The zero-order chi connectivity index (χ0) is 15.4. The van der Waals surface area contributed by atoms with E-state index in [2.05, 4.69) is 17.1 Å². The predicted molar refractivity (Wildman–Crippen MR) is 88.5 cm³/mol. The molecule has 1 heterocycles. The Bertz CT molecular complexity index is 506. The van der Waals surface area contributed by atoms with Crippen LogP contribution < -0.4 is 11.1 Å². The Morgan fingerprint density at radius 3 is 3.00 bits per heavy atom. The smallest absolute Gasteiger partial charge is 0.241 e. The van der Waals surface area contributed by atoms with Gasteiger partial charge in [-0.3, -0.25) is 9.69 Å². The van der Waals surface area contributed by atoms with Gasteiger partial charge in [0.05, 0.1) is 17.4 Å². The Kier molecular flexibility index (Phi) is 5.48. The lowest BCUT2D eigenvalue weighted by Gasteiger charge is -2.23. The van der Waals surface area contributed by atoms with E-state index in [9.17, 15) is 4.79 Å². The molecule has 0 bridgehead atoms. The minimum atomic E-state index is -0.137. The zero-order valence-electron chi connectivity index (χ0n) is 12.7. The average molecular weight is 310 g/mol. The van der Waals surface area contributed by atoms with E-state index >= 15 is 0 Å². The molecule has 2 atom stereocenters. The van der Waals surface area contributed by atoms with Crippen LogP contribution in [-0.4, -0.2) is 29.9 Å². The molecular formula is C16H24ClN3O. The van der Waals surface area contributed by atoms with Crippen LogP contribution in [0.4, 0.5) is 11.4 Å². The van der Waals surface area contributed by atoms with Crippen molar-refractivity contribution in [3.8, 4) is 0 Å². The SMILES string of the molecule is CCCC1CCN(C(C)C(=O)Nc2ccc(Cl)cc2N)C1. The minimum Gasteiger partial charge on any atom is -0.397 e.